The van der Waals surface area contributed by atoms with Crippen LogP contribution in [0.2, 0.25) is 0 Å². The number of nitrogens with one attached hydrogen (secondary N) is 1. The Morgan fingerprint density at radius 1 is 0.767 bits per heavy atom. The van der Waals surface area contributed by atoms with Gasteiger partial charge in [-0.05, 0) is 53.3 Å². The maximum atomic E-state index is 13.7. The smallest absolute Gasteiger partial charge is 0.320 e. The molecule has 0 aliphatic heterocycles. The molecule has 0 heterocycles. The molecule has 0 aromatic heterocycles. The number of amides is 1. The zero-order valence-corrected chi connectivity index (χ0v) is 16.1. The van der Waals surface area contributed by atoms with Gasteiger partial charge in [0.25, 0.3) is 0 Å². The molecule has 0 saturated carbocycles. The van der Waals surface area contributed by atoms with Gasteiger partial charge in [0.05, 0.1) is 0 Å². The summed E-state index contributed by atoms with van der Waals surface area (Å²) in [5.74, 6) is -41.8. The number of carbonyl (C=O) groups excluding carboxylic acids is 1. The minimum atomic E-state index is -8.05. The first kappa shape index (κ1) is 26.5. The van der Waals surface area contributed by atoms with Crippen molar-refractivity contribution in [2.45, 2.75) is 42.7 Å². The standard InChI is InChI=1S/C14H7F13INO/c1-5-4-6(28)2-3-7(5)29-8(30)9(15,16)10(17,18)11(19,20)12(21,22)13(23,24)14(25,26)27/h2-4H,1H3,(H,29,30). The third-order valence-corrected chi connectivity index (χ3v) is 4.33. The molecule has 0 unspecified atom stereocenters. The molecule has 0 spiro atoms. The normalized spacial score (nSPS) is 14.6. The molecular weight excluding hydrogens is 572 g/mol. The molecule has 16 heteroatoms. The van der Waals surface area contributed by atoms with Crippen molar-refractivity contribution in [3.8, 4) is 0 Å². The zero-order chi connectivity index (χ0) is 24.1. The SMILES string of the molecule is Cc1cc(I)ccc1NC(=O)C(F)(F)C(F)(F)C(F)(F)C(F)(F)C(F)(F)C(F)(F)F. The van der Waals surface area contributed by atoms with Gasteiger partial charge in [0.1, 0.15) is 0 Å². The van der Waals surface area contributed by atoms with Gasteiger partial charge in [-0.3, -0.25) is 4.79 Å². The van der Waals surface area contributed by atoms with Crippen molar-refractivity contribution >= 4 is 34.2 Å². The van der Waals surface area contributed by atoms with Crippen molar-refractivity contribution in [1.29, 1.82) is 0 Å². The highest BCUT2D eigenvalue weighted by atomic mass is 127. The van der Waals surface area contributed by atoms with Crippen LogP contribution in [0, 0.1) is 10.5 Å². The predicted octanol–water partition coefficient (Wildman–Crippen LogP) is 6.28. The van der Waals surface area contributed by atoms with Crippen LogP contribution in [0.25, 0.3) is 0 Å². The van der Waals surface area contributed by atoms with E-state index in [4.69, 9.17) is 0 Å². The fourth-order valence-electron chi connectivity index (χ4n) is 1.88. The minimum absolute atomic E-state index is 0.0879. The van der Waals surface area contributed by atoms with E-state index < -0.39 is 47.4 Å². The lowest BCUT2D eigenvalue weighted by Crippen LogP contribution is -2.71. The topological polar surface area (TPSA) is 29.1 Å². The lowest BCUT2D eigenvalue weighted by atomic mass is 9.93. The van der Waals surface area contributed by atoms with Crippen molar-refractivity contribution < 1.29 is 61.9 Å². The molecule has 0 aliphatic rings. The number of anilines is 1. The molecule has 0 bridgehead atoms. The van der Waals surface area contributed by atoms with Crippen molar-refractivity contribution in [3.05, 3.63) is 27.3 Å². The summed E-state index contributed by atoms with van der Waals surface area (Å²) in [5.41, 5.74) is -0.762. The summed E-state index contributed by atoms with van der Waals surface area (Å²) >= 11 is 1.69. The van der Waals surface area contributed by atoms with Crippen LogP contribution in [0.4, 0.5) is 62.8 Å². The Kier molecular flexibility index (Phi) is 6.71. The largest absolute Gasteiger partial charge is 0.460 e. The van der Waals surface area contributed by atoms with E-state index in [1.54, 1.807) is 22.6 Å². The Labute approximate surface area is 171 Å². The molecule has 172 valence electrons. The second-order valence-electron chi connectivity index (χ2n) is 5.78. The van der Waals surface area contributed by atoms with Gasteiger partial charge in [-0.25, -0.2) is 0 Å². The molecular formula is C14H7F13INO. The van der Waals surface area contributed by atoms with Gasteiger partial charge < -0.3 is 5.32 Å². The van der Waals surface area contributed by atoms with E-state index in [-0.39, 0.29) is 5.56 Å². The predicted molar refractivity (Wildman–Crippen MR) is 83.3 cm³/mol. The second-order valence-corrected chi connectivity index (χ2v) is 7.03. The molecule has 0 fully saturated rings. The summed E-state index contributed by atoms with van der Waals surface area (Å²) in [6, 6.07) is 3.12. The number of benzene rings is 1. The van der Waals surface area contributed by atoms with Gasteiger partial charge >= 0.3 is 41.7 Å². The van der Waals surface area contributed by atoms with E-state index in [1.807, 2.05) is 0 Å². The van der Waals surface area contributed by atoms with Crippen LogP contribution in [0.5, 0.6) is 0 Å². The number of rotatable bonds is 6. The van der Waals surface area contributed by atoms with Crippen LogP contribution in [-0.4, -0.2) is 41.7 Å². The van der Waals surface area contributed by atoms with E-state index in [0.29, 0.717) is 3.57 Å². The van der Waals surface area contributed by atoms with Crippen molar-refractivity contribution in [3.63, 3.8) is 0 Å². The van der Waals surface area contributed by atoms with Crippen LogP contribution in [-0.2, 0) is 4.79 Å². The summed E-state index contributed by atoms with van der Waals surface area (Å²) in [4.78, 5) is 11.4. The molecule has 1 rings (SSSR count). The minimum Gasteiger partial charge on any atom is -0.320 e. The first-order valence-corrected chi connectivity index (χ1v) is 8.17. The fourth-order valence-corrected chi connectivity index (χ4v) is 2.53. The molecule has 0 saturated heterocycles. The molecule has 0 atom stereocenters. The van der Waals surface area contributed by atoms with Crippen LogP contribution in [0.3, 0.4) is 0 Å². The van der Waals surface area contributed by atoms with Crippen molar-refractivity contribution in [2.24, 2.45) is 0 Å². The van der Waals surface area contributed by atoms with Gasteiger partial charge in [-0.15, -0.1) is 0 Å². The van der Waals surface area contributed by atoms with Gasteiger partial charge in [0.15, 0.2) is 0 Å². The van der Waals surface area contributed by atoms with E-state index in [1.165, 1.54) is 6.07 Å². The summed E-state index contributed by atoms with van der Waals surface area (Å²) in [6.07, 6.45) is -7.51. The van der Waals surface area contributed by atoms with Gasteiger partial charge in [0.2, 0.25) is 0 Å². The number of hydrogen-bond donors (Lipinski definition) is 1. The Balaban J connectivity index is 3.42. The van der Waals surface area contributed by atoms with Crippen molar-refractivity contribution in [2.75, 3.05) is 5.32 Å². The molecule has 1 amide bonds. The highest BCUT2D eigenvalue weighted by Crippen LogP contribution is 2.60. The molecule has 2 nitrogen and oxygen atoms in total. The quantitative estimate of drug-likeness (QED) is 0.313. The van der Waals surface area contributed by atoms with E-state index in [0.717, 1.165) is 24.4 Å². The number of halogens is 14. The summed E-state index contributed by atoms with van der Waals surface area (Å²) in [7, 11) is 0. The van der Waals surface area contributed by atoms with E-state index >= 15 is 0 Å². The molecule has 0 aliphatic carbocycles. The van der Waals surface area contributed by atoms with Gasteiger partial charge in [0, 0.05) is 9.26 Å². The van der Waals surface area contributed by atoms with Gasteiger partial charge in [-0.1, -0.05) is 0 Å². The number of hydrogen-bond acceptors (Lipinski definition) is 1. The lowest BCUT2D eigenvalue weighted by Gasteiger charge is -2.39. The molecule has 0 radical (unpaired) electrons. The molecule has 30 heavy (non-hydrogen) atoms. The fraction of sp³-hybridized carbons (Fsp3) is 0.500. The monoisotopic (exact) mass is 579 g/mol. The first-order chi connectivity index (χ1) is 13.1. The van der Waals surface area contributed by atoms with Crippen LogP contribution in [0.1, 0.15) is 5.56 Å². The average molecular weight is 579 g/mol. The number of aryl methyl sites for hydroxylation is 1. The third kappa shape index (κ3) is 3.90. The molecule has 1 aromatic rings. The average Bonchev–Trinajstić information content (AvgIpc) is 2.55. The highest BCUT2D eigenvalue weighted by molar-refractivity contribution is 14.1. The Bertz CT molecular complexity index is 819. The van der Waals surface area contributed by atoms with Crippen LogP contribution < -0.4 is 5.32 Å². The number of alkyl halides is 13. The van der Waals surface area contributed by atoms with Crippen molar-refractivity contribution in [1.82, 2.24) is 0 Å². The Morgan fingerprint density at radius 3 is 1.60 bits per heavy atom. The molecule has 1 N–H and O–H groups in total. The van der Waals surface area contributed by atoms with Crippen LogP contribution in [0.15, 0.2) is 18.2 Å². The maximum Gasteiger partial charge on any atom is 0.460 e. The third-order valence-electron chi connectivity index (χ3n) is 3.66. The van der Waals surface area contributed by atoms with Crippen LogP contribution >= 0.6 is 22.6 Å². The van der Waals surface area contributed by atoms with Gasteiger partial charge in [-0.2, -0.15) is 57.1 Å². The first-order valence-electron chi connectivity index (χ1n) is 7.09. The summed E-state index contributed by atoms with van der Waals surface area (Å²) < 4.78 is 169. The Hall–Kier alpha value is -1.49. The summed E-state index contributed by atoms with van der Waals surface area (Å²) in [6.45, 7) is 1.13. The maximum absolute atomic E-state index is 13.7. The molecule has 1 aromatic carbocycles. The zero-order valence-electron chi connectivity index (χ0n) is 13.9. The van der Waals surface area contributed by atoms with E-state index in [2.05, 4.69) is 0 Å². The van der Waals surface area contributed by atoms with E-state index in [9.17, 15) is 61.9 Å². The Morgan fingerprint density at radius 2 is 1.20 bits per heavy atom. The lowest BCUT2D eigenvalue weighted by molar-refractivity contribution is -0.435. The second kappa shape index (κ2) is 7.58. The summed E-state index contributed by atoms with van der Waals surface area (Å²) in [5, 5.41) is 1.02. The highest BCUT2D eigenvalue weighted by Gasteiger charge is 2.91. The number of carbonyl (C=O) groups is 1.